The number of nitro groups is 1. The van der Waals surface area contributed by atoms with E-state index in [9.17, 15) is 63.2 Å². The Balaban J connectivity index is 2.91. The fraction of sp³-hybridized carbons (Fsp3) is 0.316. The van der Waals surface area contributed by atoms with E-state index < -0.39 is 86.2 Å². The maximum Gasteiger partial charge on any atom is 0.435 e. The van der Waals surface area contributed by atoms with Crippen LogP contribution >= 0.6 is 15.9 Å². The molecule has 0 unspecified atom stereocenters. The van der Waals surface area contributed by atoms with Crippen LogP contribution in [0.4, 0.5) is 59.7 Å². The second-order valence-electron chi connectivity index (χ2n) is 7.05. The van der Waals surface area contributed by atoms with Crippen molar-refractivity contribution in [1.29, 1.82) is 0 Å². The lowest BCUT2D eigenvalue weighted by Crippen LogP contribution is -2.50. The molecule has 1 amide bonds. The average Bonchev–Trinajstić information content (AvgIpc) is 2.74. The van der Waals surface area contributed by atoms with Gasteiger partial charge in [0.2, 0.25) is 5.82 Å². The molecule has 6 nitrogen and oxygen atoms in total. The van der Waals surface area contributed by atoms with Crippen molar-refractivity contribution in [3.8, 4) is 0 Å². The predicted octanol–water partition coefficient (Wildman–Crippen LogP) is 7.06. The van der Waals surface area contributed by atoms with E-state index in [1.807, 2.05) is 0 Å². The second-order valence-corrected chi connectivity index (χ2v) is 7.91. The molecule has 2 rings (SSSR count). The van der Waals surface area contributed by atoms with Crippen LogP contribution in [0.1, 0.15) is 21.5 Å². The summed E-state index contributed by atoms with van der Waals surface area (Å²) < 4.78 is 153. The fourth-order valence-electron chi connectivity index (χ4n) is 3.10. The van der Waals surface area contributed by atoms with Gasteiger partial charge in [0.1, 0.15) is 6.73 Å². The number of hydrogen-bond acceptors (Lipinski definition) is 4. The van der Waals surface area contributed by atoms with Gasteiger partial charge in [-0.3, -0.25) is 19.8 Å². The highest BCUT2D eigenvalue weighted by Gasteiger charge is 2.73. The molecule has 0 aliphatic carbocycles. The quantitative estimate of drug-likeness (QED) is 0.150. The number of nitrogens with zero attached hydrogens (tertiary/aromatic N) is 2. The number of methoxy groups -OCH3 is 1. The lowest BCUT2D eigenvalue weighted by Gasteiger charge is -2.32. The number of amides is 1. The Hall–Kier alpha value is -3.02. The number of ether oxygens (including phenoxy) is 1. The zero-order chi connectivity index (χ0) is 28.7. The lowest BCUT2D eigenvalue weighted by molar-refractivity contribution is -0.387. The third-order valence-corrected chi connectivity index (χ3v) is 5.33. The normalized spacial score (nSPS) is 13.0. The van der Waals surface area contributed by atoms with Crippen molar-refractivity contribution < 1.29 is 62.7 Å². The molecule has 204 valence electrons. The van der Waals surface area contributed by atoms with Crippen molar-refractivity contribution >= 4 is 33.2 Å². The fourth-order valence-corrected chi connectivity index (χ4v) is 3.78. The third-order valence-electron chi connectivity index (χ3n) is 4.73. The van der Waals surface area contributed by atoms with Crippen molar-refractivity contribution in [2.45, 2.75) is 24.2 Å². The van der Waals surface area contributed by atoms with Gasteiger partial charge in [-0.15, -0.1) is 0 Å². The first-order valence-corrected chi connectivity index (χ1v) is 9.96. The molecule has 0 radical (unpaired) electrons. The topological polar surface area (TPSA) is 72.7 Å². The number of benzene rings is 2. The molecule has 0 saturated heterocycles. The van der Waals surface area contributed by atoms with Crippen LogP contribution in [-0.4, -0.2) is 37.0 Å². The van der Waals surface area contributed by atoms with Crippen molar-refractivity contribution in [2.24, 2.45) is 0 Å². The van der Waals surface area contributed by atoms with E-state index in [1.54, 1.807) is 0 Å². The Bertz CT molecular complexity index is 1200. The van der Waals surface area contributed by atoms with Crippen LogP contribution in [-0.2, 0) is 16.6 Å². The van der Waals surface area contributed by atoms with E-state index in [-0.39, 0.29) is 11.0 Å². The Labute approximate surface area is 206 Å². The summed E-state index contributed by atoms with van der Waals surface area (Å²) in [5.41, 5.74) is -15.1. The summed E-state index contributed by atoms with van der Waals surface area (Å²) in [7, 11) is 0.805. The van der Waals surface area contributed by atoms with E-state index in [0.29, 0.717) is 12.1 Å². The number of hydrogen-bond donors (Lipinski definition) is 0. The number of nitro benzene ring substituents is 1. The molecular weight excluding hydrogens is 609 g/mol. The molecule has 0 bridgehead atoms. The minimum atomic E-state index is -6.76. The number of rotatable bonds is 6. The zero-order valence-electron chi connectivity index (χ0n) is 17.7. The van der Waals surface area contributed by atoms with Crippen molar-refractivity contribution in [2.75, 3.05) is 18.7 Å². The number of carbonyl (C=O) groups excluding carboxylic acids is 1. The second kappa shape index (κ2) is 10.0. The minimum absolute atomic E-state index is 0.0695. The first-order valence-electron chi connectivity index (χ1n) is 9.17. The van der Waals surface area contributed by atoms with Crippen molar-refractivity contribution in [3.63, 3.8) is 0 Å². The highest BCUT2D eigenvalue weighted by atomic mass is 79.9. The number of halogens is 12. The summed E-state index contributed by atoms with van der Waals surface area (Å²) in [5, 5.41) is 10.9. The van der Waals surface area contributed by atoms with E-state index in [0.717, 1.165) is 13.2 Å². The van der Waals surface area contributed by atoms with E-state index in [4.69, 9.17) is 0 Å². The predicted molar refractivity (Wildman–Crippen MR) is 106 cm³/mol. The molecule has 18 heteroatoms. The first-order chi connectivity index (χ1) is 16.7. The summed E-state index contributed by atoms with van der Waals surface area (Å²) in [5.74, 6) is -3.57. The third kappa shape index (κ3) is 5.48. The Morgan fingerprint density at radius 1 is 1.03 bits per heavy atom. The van der Waals surface area contributed by atoms with Gasteiger partial charge < -0.3 is 4.74 Å². The van der Waals surface area contributed by atoms with Gasteiger partial charge in [0.25, 0.3) is 5.91 Å². The summed E-state index contributed by atoms with van der Waals surface area (Å²) in [6, 6.07) is 0.912. The summed E-state index contributed by atoms with van der Waals surface area (Å²) in [6.45, 7) is -1.21. The summed E-state index contributed by atoms with van der Waals surface area (Å²) in [4.78, 5) is 22.5. The molecule has 0 aliphatic rings. The standard InChI is InChI=1S/C19H10BrF11N2O4/c1-37-7-32(15(34)9-3-2-4-12(13(9)21)33(35)36)14-10(17(23,24)25)5-8(6-11(14)20)16(22,18(26,27)28)19(29,30)31/h2-6H,7H2,1H3. The van der Waals surface area contributed by atoms with Crippen molar-refractivity contribution in [1.82, 2.24) is 0 Å². The minimum Gasteiger partial charge on any atom is -0.364 e. The Morgan fingerprint density at radius 2 is 1.57 bits per heavy atom. The van der Waals surface area contributed by atoms with E-state index >= 15 is 0 Å². The molecule has 0 N–H and O–H groups in total. The maximum absolute atomic E-state index is 14.5. The molecule has 2 aromatic rings. The van der Waals surface area contributed by atoms with Gasteiger partial charge in [-0.1, -0.05) is 6.07 Å². The van der Waals surface area contributed by atoms with Gasteiger partial charge in [-0.05, 0) is 34.1 Å². The molecule has 0 atom stereocenters. The summed E-state index contributed by atoms with van der Waals surface area (Å²) >= 11 is 2.33. The Morgan fingerprint density at radius 3 is 2.00 bits per heavy atom. The highest BCUT2D eigenvalue weighted by molar-refractivity contribution is 9.10. The first kappa shape index (κ1) is 30.2. The van der Waals surface area contributed by atoms with Crippen LogP contribution in [0, 0.1) is 15.9 Å². The highest BCUT2D eigenvalue weighted by Crippen LogP contribution is 2.55. The molecule has 0 spiro atoms. The number of carbonyl (C=O) groups is 1. The zero-order valence-corrected chi connectivity index (χ0v) is 19.2. The van der Waals surface area contributed by atoms with Crippen LogP contribution in [0.25, 0.3) is 0 Å². The largest absolute Gasteiger partial charge is 0.435 e. The SMILES string of the molecule is COCN(C(=O)c1cccc([N+](=O)[O-])c1F)c1c(Br)cc(C(F)(C(F)(F)F)C(F)(F)F)cc1C(F)(F)F. The smallest absolute Gasteiger partial charge is 0.364 e. The van der Waals surface area contributed by atoms with Gasteiger partial charge in [-0.2, -0.15) is 43.9 Å². The lowest BCUT2D eigenvalue weighted by atomic mass is 9.91. The van der Waals surface area contributed by atoms with Crippen LogP contribution < -0.4 is 4.90 Å². The van der Waals surface area contributed by atoms with Crippen LogP contribution in [0.2, 0.25) is 0 Å². The molecule has 0 aromatic heterocycles. The van der Waals surface area contributed by atoms with E-state index in [2.05, 4.69) is 20.7 Å². The van der Waals surface area contributed by atoms with Gasteiger partial charge in [0, 0.05) is 23.2 Å². The average molecular weight is 619 g/mol. The monoisotopic (exact) mass is 618 g/mol. The Kier molecular flexibility index (Phi) is 8.19. The maximum atomic E-state index is 14.5. The van der Waals surface area contributed by atoms with Crippen LogP contribution in [0.5, 0.6) is 0 Å². The van der Waals surface area contributed by atoms with Gasteiger partial charge >= 0.3 is 29.9 Å². The molecule has 37 heavy (non-hydrogen) atoms. The van der Waals surface area contributed by atoms with Gasteiger partial charge in [0.05, 0.1) is 21.7 Å². The molecular formula is C19H10BrF11N2O4. The number of alkyl halides is 10. The van der Waals surface area contributed by atoms with Crippen LogP contribution in [0.15, 0.2) is 34.8 Å². The van der Waals surface area contributed by atoms with E-state index in [1.165, 1.54) is 0 Å². The summed E-state index contributed by atoms with van der Waals surface area (Å²) in [6.07, 6.45) is -19.3. The van der Waals surface area contributed by atoms with Gasteiger partial charge in [0.15, 0.2) is 0 Å². The van der Waals surface area contributed by atoms with Gasteiger partial charge in [-0.25, -0.2) is 4.39 Å². The number of anilines is 1. The van der Waals surface area contributed by atoms with Crippen LogP contribution in [0.3, 0.4) is 0 Å². The van der Waals surface area contributed by atoms with Crippen molar-refractivity contribution in [3.05, 3.63) is 67.4 Å². The molecule has 0 heterocycles. The molecule has 0 saturated carbocycles. The molecule has 2 aromatic carbocycles. The molecule has 0 aliphatic heterocycles. The molecule has 0 fully saturated rings.